The van der Waals surface area contributed by atoms with Crippen molar-refractivity contribution in [2.45, 2.75) is 0 Å². The maximum Gasteiger partial charge on any atom is 0.298 e. The molecule has 0 saturated heterocycles. The van der Waals surface area contributed by atoms with Gasteiger partial charge in [0, 0.05) is 6.07 Å². The highest BCUT2D eigenvalue weighted by Crippen LogP contribution is 2.36. The number of hydrogen-bond acceptors (Lipinski definition) is 6. The Bertz CT molecular complexity index is 478. The van der Waals surface area contributed by atoms with Crippen LogP contribution in [0.15, 0.2) is 28.2 Å². The fourth-order valence-corrected chi connectivity index (χ4v) is 0.966. The lowest BCUT2D eigenvalue weighted by atomic mass is 10.2. The molecule has 7 heteroatoms. The molecule has 0 unspecified atom stereocenters. The van der Waals surface area contributed by atoms with Gasteiger partial charge in [0.05, 0.1) is 4.92 Å². The quantitative estimate of drug-likeness (QED) is 0.323. The normalized spacial score (nSPS) is 8.53. The predicted octanol–water partition coefficient (Wildman–Crippen LogP) is 1.53. The molecule has 0 aromatic heterocycles. The summed E-state index contributed by atoms with van der Waals surface area (Å²) >= 11 is 0. The highest BCUT2D eigenvalue weighted by Gasteiger charge is 2.16. The standard InChI is InChI=1S/C8H3N3O4/c12-4-9-6-2-1-3-7(11(14)15)8(6)10-5-13/h1-3H. The van der Waals surface area contributed by atoms with E-state index in [-0.39, 0.29) is 11.4 Å². The van der Waals surface area contributed by atoms with Crippen LogP contribution in [0.2, 0.25) is 0 Å². The molecule has 0 atom stereocenters. The average molecular weight is 205 g/mol. The van der Waals surface area contributed by atoms with E-state index in [1.807, 2.05) is 0 Å². The first-order chi connectivity index (χ1) is 7.20. The summed E-state index contributed by atoms with van der Waals surface area (Å²) in [6.07, 6.45) is 2.37. The van der Waals surface area contributed by atoms with Gasteiger partial charge in [0.25, 0.3) is 5.69 Å². The van der Waals surface area contributed by atoms with Crippen LogP contribution in [-0.4, -0.2) is 17.1 Å². The zero-order valence-corrected chi connectivity index (χ0v) is 7.21. The first kappa shape index (κ1) is 10.5. The minimum absolute atomic E-state index is 0.0949. The van der Waals surface area contributed by atoms with Gasteiger partial charge >= 0.3 is 0 Å². The Morgan fingerprint density at radius 1 is 1.20 bits per heavy atom. The first-order valence-corrected chi connectivity index (χ1v) is 3.64. The molecule has 0 saturated carbocycles. The van der Waals surface area contributed by atoms with Crippen LogP contribution >= 0.6 is 0 Å². The molecule has 0 bridgehead atoms. The lowest BCUT2D eigenvalue weighted by Crippen LogP contribution is -1.88. The smallest absolute Gasteiger partial charge is 0.258 e. The van der Waals surface area contributed by atoms with Crippen LogP contribution < -0.4 is 0 Å². The number of rotatable bonds is 3. The molecule has 1 aromatic carbocycles. The van der Waals surface area contributed by atoms with Crippen molar-refractivity contribution in [3.8, 4) is 0 Å². The van der Waals surface area contributed by atoms with E-state index in [0.29, 0.717) is 0 Å². The van der Waals surface area contributed by atoms with Gasteiger partial charge in [0.2, 0.25) is 12.2 Å². The lowest BCUT2D eigenvalue weighted by Gasteiger charge is -1.97. The third kappa shape index (κ3) is 2.19. The molecule has 0 N–H and O–H groups in total. The molecule has 0 aliphatic heterocycles. The molecular formula is C8H3N3O4. The van der Waals surface area contributed by atoms with Gasteiger partial charge in [0.15, 0.2) is 5.69 Å². The second kappa shape index (κ2) is 4.57. The van der Waals surface area contributed by atoms with Crippen molar-refractivity contribution >= 4 is 29.2 Å². The maximum atomic E-state index is 10.5. The number of nitro groups is 1. The zero-order chi connectivity index (χ0) is 11.3. The number of carbonyl (C=O) groups excluding carboxylic acids is 2. The van der Waals surface area contributed by atoms with E-state index in [9.17, 15) is 19.7 Å². The zero-order valence-electron chi connectivity index (χ0n) is 7.21. The largest absolute Gasteiger partial charge is 0.298 e. The van der Waals surface area contributed by atoms with Crippen molar-refractivity contribution in [1.82, 2.24) is 0 Å². The highest BCUT2D eigenvalue weighted by molar-refractivity contribution is 5.76. The lowest BCUT2D eigenvalue weighted by molar-refractivity contribution is -0.384. The second-order valence-electron chi connectivity index (χ2n) is 2.31. The minimum atomic E-state index is -0.736. The molecule has 0 radical (unpaired) electrons. The summed E-state index contributed by atoms with van der Waals surface area (Å²) in [4.78, 5) is 36.2. The summed E-state index contributed by atoms with van der Waals surface area (Å²) in [5, 5.41) is 10.5. The fraction of sp³-hybridized carbons (Fsp3) is 0. The number of aliphatic imine (C=N–C) groups is 2. The summed E-state index contributed by atoms with van der Waals surface area (Å²) in [6, 6.07) is 3.76. The summed E-state index contributed by atoms with van der Waals surface area (Å²) < 4.78 is 0. The predicted molar refractivity (Wildman–Crippen MR) is 48.7 cm³/mol. The van der Waals surface area contributed by atoms with Crippen molar-refractivity contribution in [2.24, 2.45) is 9.98 Å². The Hall–Kier alpha value is -2.62. The highest BCUT2D eigenvalue weighted by atomic mass is 16.6. The Morgan fingerprint density at radius 2 is 1.87 bits per heavy atom. The van der Waals surface area contributed by atoms with Gasteiger partial charge in [-0.1, -0.05) is 6.07 Å². The van der Waals surface area contributed by atoms with Crippen LogP contribution in [-0.2, 0) is 9.59 Å². The maximum absolute atomic E-state index is 10.5. The molecule has 1 rings (SSSR count). The Labute approximate surface area is 82.9 Å². The monoisotopic (exact) mass is 205 g/mol. The number of nitrogens with zero attached hydrogens (tertiary/aromatic N) is 3. The van der Waals surface area contributed by atoms with E-state index in [4.69, 9.17) is 0 Å². The number of hydrogen-bond donors (Lipinski definition) is 0. The summed E-state index contributed by atoms with van der Waals surface area (Å²) in [6.45, 7) is 0. The van der Waals surface area contributed by atoms with Crippen molar-refractivity contribution in [2.75, 3.05) is 0 Å². The van der Waals surface area contributed by atoms with Crippen molar-refractivity contribution in [3.05, 3.63) is 28.3 Å². The third-order valence-electron chi connectivity index (χ3n) is 1.51. The average Bonchev–Trinajstić information content (AvgIpc) is 2.21. The molecule has 1 aromatic rings. The van der Waals surface area contributed by atoms with Gasteiger partial charge in [0.1, 0.15) is 5.69 Å². The molecule has 0 amide bonds. The minimum Gasteiger partial charge on any atom is -0.258 e. The summed E-state index contributed by atoms with van der Waals surface area (Å²) in [7, 11) is 0. The molecular weight excluding hydrogens is 202 g/mol. The number of benzene rings is 1. The van der Waals surface area contributed by atoms with Gasteiger partial charge in [-0.05, 0) is 6.07 Å². The van der Waals surface area contributed by atoms with Gasteiger partial charge in [-0.15, -0.1) is 0 Å². The number of nitro benzene ring substituents is 1. The van der Waals surface area contributed by atoms with Gasteiger partial charge in [-0.25, -0.2) is 9.59 Å². The van der Waals surface area contributed by atoms with Crippen LogP contribution in [0.4, 0.5) is 17.1 Å². The summed E-state index contributed by atoms with van der Waals surface area (Å²) in [5.74, 6) is 0. The van der Waals surface area contributed by atoms with E-state index in [2.05, 4.69) is 9.98 Å². The number of para-hydroxylation sites is 1. The molecule has 0 heterocycles. The molecule has 7 nitrogen and oxygen atoms in total. The Morgan fingerprint density at radius 3 is 2.40 bits per heavy atom. The number of isocyanates is 2. The van der Waals surface area contributed by atoms with Crippen molar-refractivity contribution < 1.29 is 14.5 Å². The molecule has 0 aliphatic rings. The summed E-state index contributed by atoms with van der Waals surface area (Å²) in [5.41, 5.74) is -0.821. The Kier molecular flexibility index (Phi) is 3.19. The van der Waals surface area contributed by atoms with Crippen LogP contribution in [0.1, 0.15) is 0 Å². The molecule has 0 spiro atoms. The topological polar surface area (TPSA) is 102 Å². The van der Waals surface area contributed by atoms with Crippen LogP contribution in [0.3, 0.4) is 0 Å². The van der Waals surface area contributed by atoms with Gasteiger partial charge in [-0.2, -0.15) is 9.98 Å². The SMILES string of the molecule is O=C=Nc1cccc([N+](=O)[O-])c1N=C=O. The molecule has 0 fully saturated rings. The van der Waals surface area contributed by atoms with Crippen LogP contribution in [0.25, 0.3) is 0 Å². The molecule has 0 aliphatic carbocycles. The third-order valence-corrected chi connectivity index (χ3v) is 1.51. The second-order valence-corrected chi connectivity index (χ2v) is 2.31. The van der Waals surface area contributed by atoms with E-state index in [1.165, 1.54) is 18.2 Å². The van der Waals surface area contributed by atoms with Crippen molar-refractivity contribution in [3.63, 3.8) is 0 Å². The Balaban J connectivity index is 3.54. The molecule has 74 valence electrons. The van der Waals surface area contributed by atoms with E-state index >= 15 is 0 Å². The first-order valence-electron chi connectivity index (χ1n) is 3.64. The van der Waals surface area contributed by atoms with E-state index in [0.717, 1.165) is 12.1 Å². The van der Waals surface area contributed by atoms with Crippen molar-refractivity contribution in [1.29, 1.82) is 0 Å². The molecule has 15 heavy (non-hydrogen) atoms. The fourth-order valence-electron chi connectivity index (χ4n) is 0.966. The van der Waals surface area contributed by atoms with E-state index in [1.54, 1.807) is 0 Å². The van der Waals surface area contributed by atoms with Crippen LogP contribution in [0, 0.1) is 10.1 Å². The van der Waals surface area contributed by atoms with Gasteiger partial charge < -0.3 is 0 Å². The van der Waals surface area contributed by atoms with Crippen LogP contribution in [0.5, 0.6) is 0 Å². The van der Waals surface area contributed by atoms with Gasteiger partial charge in [-0.3, -0.25) is 10.1 Å². The van der Waals surface area contributed by atoms with E-state index < -0.39 is 10.6 Å².